The van der Waals surface area contributed by atoms with E-state index in [1.165, 1.54) is 11.0 Å². The Balaban J connectivity index is 2.45. The molecule has 2 rings (SSSR count). The van der Waals surface area contributed by atoms with Gasteiger partial charge in [-0.25, -0.2) is 0 Å². The van der Waals surface area contributed by atoms with Gasteiger partial charge >= 0.3 is 0 Å². The third-order valence-corrected chi connectivity index (χ3v) is 3.66. The normalized spacial score (nSPS) is 18.7. The Labute approximate surface area is 124 Å². The minimum absolute atomic E-state index is 0.0388. The molecule has 5 heteroatoms. The first-order chi connectivity index (χ1) is 9.74. The highest BCUT2D eigenvalue weighted by Gasteiger charge is 2.32. The first-order valence-corrected chi connectivity index (χ1v) is 6.79. The highest BCUT2D eigenvalue weighted by molar-refractivity contribution is 5.96. The van der Waals surface area contributed by atoms with Crippen molar-refractivity contribution in [1.82, 2.24) is 0 Å². The Kier molecular flexibility index (Phi) is 3.73. The van der Waals surface area contributed by atoms with Crippen LogP contribution in [0.4, 0.5) is 11.4 Å². The average Bonchev–Trinajstić information content (AvgIpc) is 2.78. The second kappa shape index (κ2) is 5.21. The molecule has 1 heterocycles. The Morgan fingerprint density at radius 3 is 2.57 bits per heavy atom. The molecule has 1 atom stereocenters. The van der Waals surface area contributed by atoms with E-state index < -0.39 is 4.92 Å². The zero-order valence-electron chi connectivity index (χ0n) is 12.4. The number of nitrogens with zero attached hydrogens (tertiary/aromatic N) is 2. The van der Waals surface area contributed by atoms with E-state index in [-0.39, 0.29) is 22.9 Å². The monoisotopic (exact) mass is 286 g/mol. The van der Waals surface area contributed by atoms with Gasteiger partial charge in [0.2, 0.25) is 5.91 Å². The molecule has 1 fully saturated rings. The number of amides is 1. The predicted molar refractivity (Wildman–Crippen MR) is 81.1 cm³/mol. The number of hydrogen-bond acceptors (Lipinski definition) is 3. The van der Waals surface area contributed by atoms with Gasteiger partial charge < -0.3 is 4.90 Å². The minimum atomic E-state index is -0.400. The molecule has 0 N–H and O–H groups in total. The second-order valence-electron chi connectivity index (χ2n) is 6.28. The van der Waals surface area contributed by atoms with Gasteiger partial charge in [0.1, 0.15) is 0 Å². The predicted octanol–water partition coefficient (Wildman–Crippen LogP) is 2.88. The molecule has 0 spiro atoms. The summed E-state index contributed by atoms with van der Waals surface area (Å²) in [5, 5.41) is 11.3. The van der Waals surface area contributed by atoms with Crippen LogP contribution < -0.4 is 4.90 Å². The molecule has 0 bridgehead atoms. The fourth-order valence-electron chi connectivity index (χ4n) is 2.54. The summed E-state index contributed by atoms with van der Waals surface area (Å²) in [5.41, 5.74) is 0.892. The van der Waals surface area contributed by atoms with Gasteiger partial charge in [-0.2, -0.15) is 0 Å². The first kappa shape index (κ1) is 15.0. The van der Waals surface area contributed by atoms with Gasteiger partial charge in [0.15, 0.2) is 0 Å². The molecule has 1 aliphatic rings. The van der Waals surface area contributed by atoms with Crippen LogP contribution >= 0.6 is 0 Å². The number of nitro benzene ring substituents is 1. The molecule has 1 saturated heterocycles. The zero-order valence-corrected chi connectivity index (χ0v) is 12.4. The summed E-state index contributed by atoms with van der Waals surface area (Å²) in [6.07, 6.45) is 5.66. The van der Waals surface area contributed by atoms with Crippen molar-refractivity contribution >= 4 is 17.3 Å². The zero-order chi connectivity index (χ0) is 15.8. The van der Waals surface area contributed by atoms with Crippen LogP contribution in [0.15, 0.2) is 18.2 Å². The number of nitro groups is 1. The average molecular weight is 286 g/mol. The van der Waals surface area contributed by atoms with Crippen molar-refractivity contribution in [3.63, 3.8) is 0 Å². The summed E-state index contributed by atoms with van der Waals surface area (Å²) in [6, 6.07) is 4.95. The van der Waals surface area contributed by atoms with Crippen LogP contribution in [0.5, 0.6) is 0 Å². The van der Waals surface area contributed by atoms with Crippen molar-refractivity contribution in [3.05, 3.63) is 33.9 Å². The second-order valence-corrected chi connectivity index (χ2v) is 6.28. The van der Waals surface area contributed by atoms with Crippen LogP contribution in [-0.4, -0.2) is 17.4 Å². The lowest BCUT2D eigenvalue weighted by molar-refractivity contribution is -0.385. The summed E-state index contributed by atoms with van der Waals surface area (Å²) in [4.78, 5) is 24.4. The smallest absolute Gasteiger partial charge is 0.275 e. The summed E-state index contributed by atoms with van der Waals surface area (Å²) >= 11 is 0. The number of terminal acetylenes is 1. The van der Waals surface area contributed by atoms with Crippen molar-refractivity contribution in [2.75, 3.05) is 11.4 Å². The molecular weight excluding hydrogens is 268 g/mol. The van der Waals surface area contributed by atoms with Crippen LogP contribution in [0.1, 0.15) is 32.8 Å². The molecule has 1 amide bonds. The maximum atomic E-state index is 12.0. The molecule has 0 aromatic heterocycles. The molecule has 110 valence electrons. The van der Waals surface area contributed by atoms with Crippen molar-refractivity contribution in [3.8, 4) is 12.3 Å². The molecular formula is C16H18N2O3. The SMILES string of the molecule is C#CC1CC(=O)N(c2ccc(C(C)(C)C)c([N+](=O)[O-])c2)C1. The van der Waals surface area contributed by atoms with Crippen LogP contribution in [-0.2, 0) is 10.2 Å². The van der Waals surface area contributed by atoms with E-state index in [9.17, 15) is 14.9 Å². The third-order valence-electron chi connectivity index (χ3n) is 3.66. The van der Waals surface area contributed by atoms with Gasteiger partial charge in [-0.15, -0.1) is 12.3 Å². The van der Waals surface area contributed by atoms with Gasteiger partial charge in [-0.1, -0.05) is 20.8 Å². The van der Waals surface area contributed by atoms with E-state index in [0.717, 1.165) is 0 Å². The first-order valence-electron chi connectivity index (χ1n) is 6.79. The standard InChI is InChI=1S/C16H18N2O3/c1-5-11-8-15(19)17(10-11)12-6-7-13(16(2,3)4)14(9-12)18(20)21/h1,6-7,9,11H,8,10H2,2-4H3. The highest BCUT2D eigenvalue weighted by Crippen LogP contribution is 2.35. The fraction of sp³-hybridized carbons (Fsp3) is 0.438. The largest absolute Gasteiger partial charge is 0.311 e. The van der Waals surface area contributed by atoms with E-state index in [1.807, 2.05) is 20.8 Å². The number of carbonyl (C=O) groups excluding carboxylic acids is 1. The molecule has 1 aliphatic heterocycles. The van der Waals surface area contributed by atoms with Gasteiger partial charge in [0.05, 0.1) is 10.6 Å². The minimum Gasteiger partial charge on any atom is -0.311 e. The summed E-state index contributed by atoms with van der Waals surface area (Å²) in [5.74, 6) is 2.36. The maximum absolute atomic E-state index is 12.0. The molecule has 21 heavy (non-hydrogen) atoms. The molecule has 1 unspecified atom stereocenters. The highest BCUT2D eigenvalue weighted by atomic mass is 16.6. The molecule has 5 nitrogen and oxygen atoms in total. The van der Waals surface area contributed by atoms with Gasteiger partial charge in [-0.3, -0.25) is 14.9 Å². The fourth-order valence-corrected chi connectivity index (χ4v) is 2.54. The van der Waals surface area contributed by atoms with E-state index in [1.54, 1.807) is 12.1 Å². The van der Waals surface area contributed by atoms with Crippen LogP contribution in [0.3, 0.4) is 0 Å². The molecule has 0 radical (unpaired) electrons. The molecule has 0 aliphatic carbocycles. The number of benzene rings is 1. The lowest BCUT2D eigenvalue weighted by Gasteiger charge is -2.21. The molecule has 1 aromatic carbocycles. The van der Waals surface area contributed by atoms with E-state index in [2.05, 4.69) is 5.92 Å². The summed E-state index contributed by atoms with van der Waals surface area (Å²) in [7, 11) is 0. The molecule has 0 saturated carbocycles. The van der Waals surface area contributed by atoms with Crippen molar-refractivity contribution < 1.29 is 9.72 Å². The van der Waals surface area contributed by atoms with E-state index in [4.69, 9.17) is 6.42 Å². The number of rotatable bonds is 2. The molecule has 1 aromatic rings. The van der Waals surface area contributed by atoms with E-state index in [0.29, 0.717) is 24.2 Å². The Morgan fingerprint density at radius 2 is 2.10 bits per heavy atom. The topological polar surface area (TPSA) is 63.5 Å². The maximum Gasteiger partial charge on any atom is 0.275 e. The van der Waals surface area contributed by atoms with Gasteiger partial charge in [0, 0.05) is 30.5 Å². The number of carbonyl (C=O) groups is 1. The Bertz CT molecular complexity index is 638. The number of anilines is 1. The number of hydrogen-bond donors (Lipinski definition) is 0. The van der Waals surface area contributed by atoms with Gasteiger partial charge in [-0.05, 0) is 17.5 Å². The Morgan fingerprint density at radius 1 is 1.43 bits per heavy atom. The van der Waals surface area contributed by atoms with Crippen LogP contribution in [0.2, 0.25) is 0 Å². The van der Waals surface area contributed by atoms with Crippen molar-refractivity contribution in [2.45, 2.75) is 32.6 Å². The Hall–Kier alpha value is -2.35. The third kappa shape index (κ3) is 2.89. The van der Waals surface area contributed by atoms with Crippen LogP contribution in [0, 0.1) is 28.4 Å². The van der Waals surface area contributed by atoms with E-state index >= 15 is 0 Å². The van der Waals surface area contributed by atoms with Crippen molar-refractivity contribution in [2.24, 2.45) is 5.92 Å². The quantitative estimate of drug-likeness (QED) is 0.477. The summed E-state index contributed by atoms with van der Waals surface area (Å²) in [6.45, 7) is 6.18. The van der Waals surface area contributed by atoms with Crippen LogP contribution in [0.25, 0.3) is 0 Å². The lowest BCUT2D eigenvalue weighted by Crippen LogP contribution is -2.25. The summed E-state index contributed by atoms with van der Waals surface area (Å²) < 4.78 is 0. The van der Waals surface area contributed by atoms with Crippen molar-refractivity contribution in [1.29, 1.82) is 0 Å². The van der Waals surface area contributed by atoms with Gasteiger partial charge in [0.25, 0.3) is 5.69 Å². The lowest BCUT2D eigenvalue weighted by atomic mass is 9.85.